The second-order valence-corrected chi connectivity index (χ2v) is 4.89. The minimum Gasteiger partial charge on any atom is -0.465 e. The van der Waals surface area contributed by atoms with Gasteiger partial charge in [-0.3, -0.25) is 9.69 Å². The summed E-state index contributed by atoms with van der Waals surface area (Å²) >= 11 is 0. The standard InChI is InChI=1S/C14H14N2O3/c1-9-6-7-15-12(9)8-16(14(18)19)11-5-3-2-4-10(11)13(15)17/h2-7,9,12H,8H2,1H3,(H,18,19). The van der Waals surface area contributed by atoms with E-state index < -0.39 is 6.09 Å². The van der Waals surface area contributed by atoms with E-state index in [4.69, 9.17) is 0 Å². The van der Waals surface area contributed by atoms with Crippen LogP contribution in [-0.4, -0.2) is 34.6 Å². The van der Waals surface area contributed by atoms with Crippen LogP contribution in [0.1, 0.15) is 17.3 Å². The van der Waals surface area contributed by atoms with Crippen LogP contribution in [-0.2, 0) is 0 Å². The number of hydrogen-bond acceptors (Lipinski definition) is 2. The summed E-state index contributed by atoms with van der Waals surface area (Å²) in [5, 5.41) is 9.38. The molecule has 0 aliphatic carbocycles. The van der Waals surface area contributed by atoms with Gasteiger partial charge in [-0.2, -0.15) is 0 Å². The van der Waals surface area contributed by atoms with E-state index in [0.29, 0.717) is 17.8 Å². The van der Waals surface area contributed by atoms with Gasteiger partial charge in [0.15, 0.2) is 0 Å². The van der Waals surface area contributed by atoms with Crippen LogP contribution in [0.4, 0.5) is 10.5 Å². The van der Waals surface area contributed by atoms with E-state index in [2.05, 4.69) is 0 Å². The molecule has 1 N–H and O–H groups in total. The van der Waals surface area contributed by atoms with Gasteiger partial charge in [0.05, 0.1) is 23.8 Å². The molecule has 0 bridgehead atoms. The van der Waals surface area contributed by atoms with Crippen molar-refractivity contribution in [3.05, 3.63) is 42.1 Å². The minimum atomic E-state index is -1.03. The molecular weight excluding hydrogens is 244 g/mol. The lowest BCUT2D eigenvalue weighted by Crippen LogP contribution is -2.43. The molecule has 2 heterocycles. The number of fused-ring (bicyclic) bond motifs is 2. The van der Waals surface area contributed by atoms with Crippen LogP contribution in [0.25, 0.3) is 0 Å². The number of benzene rings is 1. The molecule has 2 aliphatic rings. The van der Waals surface area contributed by atoms with E-state index in [9.17, 15) is 14.7 Å². The third kappa shape index (κ3) is 1.69. The van der Waals surface area contributed by atoms with Gasteiger partial charge in [0.2, 0.25) is 0 Å². The van der Waals surface area contributed by atoms with Gasteiger partial charge in [-0.25, -0.2) is 4.79 Å². The number of carboxylic acid groups (broad SMARTS) is 1. The van der Waals surface area contributed by atoms with Crippen LogP contribution in [0, 0.1) is 5.92 Å². The predicted molar refractivity (Wildman–Crippen MR) is 70.1 cm³/mol. The average molecular weight is 258 g/mol. The van der Waals surface area contributed by atoms with Gasteiger partial charge in [-0.15, -0.1) is 0 Å². The monoisotopic (exact) mass is 258 g/mol. The Morgan fingerprint density at radius 2 is 2.11 bits per heavy atom. The fourth-order valence-electron chi connectivity index (χ4n) is 2.69. The Morgan fingerprint density at radius 3 is 2.84 bits per heavy atom. The van der Waals surface area contributed by atoms with Crippen molar-refractivity contribution in [3.63, 3.8) is 0 Å². The van der Waals surface area contributed by atoms with Gasteiger partial charge in [-0.05, 0) is 18.1 Å². The van der Waals surface area contributed by atoms with Crippen molar-refractivity contribution in [2.24, 2.45) is 5.92 Å². The summed E-state index contributed by atoms with van der Waals surface area (Å²) in [4.78, 5) is 26.8. The average Bonchev–Trinajstić information content (AvgIpc) is 2.70. The van der Waals surface area contributed by atoms with Gasteiger partial charge in [0, 0.05) is 6.20 Å². The summed E-state index contributed by atoms with van der Waals surface area (Å²) in [5.74, 6) is 0.0186. The maximum absolute atomic E-state index is 12.5. The molecule has 2 atom stereocenters. The molecule has 1 aromatic rings. The number of hydrogen-bond donors (Lipinski definition) is 1. The van der Waals surface area contributed by atoms with Gasteiger partial charge in [0.1, 0.15) is 0 Å². The topological polar surface area (TPSA) is 60.9 Å². The molecule has 3 rings (SSSR count). The van der Waals surface area contributed by atoms with Crippen molar-refractivity contribution in [2.75, 3.05) is 11.4 Å². The third-order valence-corrected chi connectivity index (χ3v) is 3.77. The first-order chi connectivity index (χ1) is 9.09. The highest BCUT2D eigenvalue weighted by Gasteiger charge is 2.38. The zero-order valence-electron chi connectivity index (χ0n) is 10.5. The maximum Gasteiger partial charge on any atom is 0.411 e. The summed E-state index contributed by atoms with van der Waals surface area (Å²) in [5.41, 5.74) is 0.904. The van der Waals surface area contributed by atoms with Crippen molar-refractivity contribution in [2.45, 2.75) is 13.0 Å². The first-order valence-corrected chi connectivity index (χ1v) is 6.20. The summed E-state index contributed by atoms with van der Waals surface area (Å²) in [6, 6.07) is 6.72. The molecule has 5 heteroatoms. The molecule has 98 valence electrons. The predicted octanol–water partition coefficient (Wildman–Crippen LogP) is 2.16. The lowest BCUT2D eigenvalue weighted by atomic mass is 10.0. The Hall–Kier alpha value is -2.30. The van der Waals surface area contributed by atoms with Crippen LogP contribution < -0.4 is 4.90 Å². The summed E-state index contributed by atoms with van der Waals surface area (Å²) < 4.78 is 0. The van der Waals surface area contributed by atoms with Gasteiger partial charge in [-0.1, -0.05) is 25.1 Å². The second kappa shape index (κ2) is 4.12. The first kappa shape index (κ1) is 11.8. The zero-order valence-corrected chi connectivity index (χ0v) is 10.5. The summed E-state index contributed by atoms with van der Waals surface area (Å²) in [7, 11) is 0. The number of anilines is 1. The molecule has 2 unspecified atom stereocenters. The number of carbonyl (C=O) groups is 2. The molecule has 19 heavy (non-hydrogen) atoms. The van der Waals surface area contributed by atoms with Crippen molar-refractivity contribution < 1.29 is 14.7 Å². The number of para-hydroxylation sites is 1. The molecule has 0 fully saturated rings. The maximum atomic E-state index is 12.5. The van der Waals surface area contributed by atoms with Crippen LogP contribution in [0.15, 0.2) is 36.5 Å². The van der Waals surface area contributed by atoms with E-state index in [1.54, 1.807) is 35.4 Å². The highest BCUT2D eigenvalue weighted by molar-refractivity contribution is 6.05. The molecule has 0 aromatic heterocycles. The van der Waals surface area contributed by atoms with Crippen molar-refractivity contribution in [1.82, 2.24) is 4.90 Å². The number of nitrogens with zero attached hydrogens (tertiary/aromatic N) is 2. The normalized spacial score (nSPS) is 25.0. The van der Waals surface area contributed by atoms with Gasteiger partial charge >= 0.3 is 6.09 Å². The van der Waals surface area contributed by atoms with Gasteiger partial charge < -0.3 is 10.0 Å². The quantitative estimate of drug-likeness (QED) is 0.775. The van der Waals surface area contributed by atoms with Crippen molar-refractivity contribution >= 4 is 17.7 Å². The smallest absolute Gasteiger partial charge is 0.411 e. The Balaban J connectivity index is 2.14. The third-order valence-electron chi connectivity index (χ3n) is 3.77. The number of rotatable bonds is 0. The largest absolute Gasteiger partial charge is 0.465 e. The van der Waals surface area contributed by atoms with Crippen LogP contribution >= 0.6 is 0 Å². The molecule has 0 saturated carbocycles. The molecule has 2 amide bonds. The van der Waals surface area contributed by atoms with Crippen LogP contribution in [0.3, 0.4) is 0 Å². The molecule has 2 aliphatic heterocycles. The lowest BCUT2D eigenvalue weighted by Gasteiger charge is -2.26. The summed E-state index contributed by atoms with van der Waals surface area (Å²) in [6.07, 6.45) is 2.68. The minimum absolute atomic E-state index is 0.129. The fourth-order valence-corrected chi connectivity index (χ4v) is 2.69. The Bertz CT molecular complexity index is 582. The van der Waals surface area contributed by atoms with E-state index >= 15 is 0 Å². The van der Waals surface area contributed by atoms with Crippen molar-refractivity contribution in [1.29, 1.82) is 0 Å². The lowest BCUT2D eigenvalue weighted by molar-refractivity contribution is 0.0778. The highest BCUT2D eigenvalue weighted by Crippen LogP contribution is 2.32. The molecule has 0 spiro atoms. The molecule has 1 aromatic carbocycles. The SMILES string of the molecule is CC1C=CN2C(=O)c3ccccc3N(C(=O)O)CC12. The number of amides is 2. The Labute approximate surface area is 110 Å². The number of carbonyl (C=O) groups excluding carboxylic acids is 1. The van der Waals surface area contributed by atoms with E-state index in [-0.39, 0.29) is 17.9 Å². The Morgan fingerprint density at radius 1 is 1.37 bits per heavy atom. The molecule has 5 nitrogen and oxygen atoms in total. The molecular formula is C14H14N2O3. The van der Waals surface area contributed by atoms with Gasteiger partial charge in [0.25, 0.3) is 5.91 Å². The fraction of sp³-hybridized carbons (Fsp3) is 0.286. The highest BCUT2D eigenvalue weighted by atomic mass is 16.4. The van der Waals surface area contributed by atoms with E-state index in [1.165, 1.54) is 4.90 Å². The van der Waals surface area contributed by atoms with E-state index in [0.717, 1.165) is 0 Å². The Kier molecular flexibility index (Phi) is 2.55. The van der Waals surface area contributed by atoms with E-state index in [1.807, 2.05) is 13.0 Å². The zero-order chi connectivity index (χ0) is 13.6. The summed E-state index contributed by atoms with van der Waals surface area (Å²) in [6.45, 7) is 2.29. The van der Waals surface area contributed by atoms with Crippen LogP contribution in [0.5, 0.6) is 0 Å². The molecule has 0 saturated heterocycles. The van der Waals surface area contributed by atoms with Crippen LogP contribution in [0.2, 0.25) is 0 Å². The first-order valence-electron chi connectivity index (χ1n) is 6.20. The molecule has 0 radical (unpaired) electrons. The second-order valence-electron chi connectivity index (χ2n) is 4.89. The van der Waals surface area contributed by atoms with Crippen molar-refractivity contribution in [3.8, 4) is 0 Å².